The molecule has 0 fully saturated rings. The summed E-state index contributed by atoms with van der Waals surface area (Å²) in [6.07, 6.45) is 0.648. The molecule has 0 saturated carbocycles. The fraction of sp³-hybridized carbons (Fsp3) is 0.467. The molecule has 1 aromatic rings. The summed E-state index contributed by atoms with van der Waals surface area (Å²) in [7, 11) is 0. The minimum atomic E-state index is -0.120. The Morgan fingerprint density at radius 2 is 2.10 bits per heavy atom. The van der Waals surface area contributed by atoms with Crippen LogP contribution in [0, 0.1) is 0 Å². The maximum absolute atomic E-state index is 12.2. The monoisotopic (exact) mass is 309 g/mol. The molecule has 0 aliphatic rings. The van der Waals surface area contributed by atoms with Crippen molar-refractivity contribution in [1.82, 2.24) is 4.90 Å². The van der Waals surface area contributed by atoms with Gasteiger partial charge in [0.1, 0.15) is 4.99 Å². The number of nitrogens with one attached hydrogen (secondary N) is 1. The van der Waals surface area contributed by atoms with Crippen molar-refractivity contribution in [1.29, 1.82) is 0 Å². The molecule has 6 heteroatoms. The third-order valence-electron chi connectivity index (χ3n) is 3.15. The Morgan fingerprint density at radius 1 is 1.43 bits per heavy atom. The van der Waals surface area contributed by atoms with Crippen LogP contribution >= 0.6 is 12.2 Å². The van der Waals surface area contributed by atoms with Gasteiger partial charge in [0.05, 0.1) is 12.2 Å². The SMILES string of the molecule is CC(C)N(CCCO)CC(=O)Nc1ccccc1C(N)=S. The lowest BCUT2D eigenvalue weighted by Crippen LogP contribution is -2.39. The number of anilines is 1. The summed E-state index contributed by atoms with van der Waals surface area (Å²) >= 11 is 4.98. The molecule has 1 aromatic carbocycles. The number of carbonyl (C=O) groups is 1. The normalized spacial score (nSPS) is 10.9. The molecule has 0 spiro atoms. The summed E-state index contributed by atoms with van der Waals surface area (Å²) in [5.74, 6) is -0.120. The van der Waals surface area contributed by atoms with E-state index >= 15 is 0 Å². The van der Waals surface area contributed by atoms with E-state index in [1.807, 2.05) is 30.9 Å². The van der Waals surface area contributed by atoms with Gasteiger partial charge >= 0.3 is 0 Å². The maximum Gasteiger partial charge on any atom is 0.238 e. The smallest absolute Gasteiger partial charge is 0.238 e. The molecule has 1 rings (SSSR count). The summed E-state index contributed by atoms with van der Waals surface area (Å²) in [6.45, 7) is 5.11. The van der Waals surface area contributed by atoms with Crippen LogP contribution in [0.3, 0.4) is 0 Å². The minimum Gasteiger partial charge on any atom is -0.396 e. The molecule has 0 unspecified atom stereocenters. The van der Waals surface area contributed by atoms with Crippen LogP contribution in [0.15, 0.2) is 24.3 Å². The highest BCUT2D eigenvalue weighted by Crippen LogP contribution is 2.15. The molecule has 0 radical (unpaired) electrons. The number of benzene rings is 1. The van der Waals surface area contributed by atoms with Crippen LogP contribution < -0.4 is 11.1 Å². The third-order valence-corrected chi connectivity index (χ3v) is 3.37. The molecule has 0 aliphatic carbocycles. The third kappa shape index (κ3) is 5.79. The van der Waals surface area contributed by atoms with Crippen molar-refractivity contribution in [2.45, 2.75) is 26.3 Å². The van der Waals surface area contributed by atoms with Crippen molar-refractivity contribution in [3.8, 4) is 0 Å². The van der Waals surface area contributed by atoms with Crippen molar-refractivity contribution in [2.75, 3.05) is 25.0 Å². The number of amides is 1. The van der Waals surface area contributed by atoms with Crippen LogP contribution in [-0.2, 0) is 4.79 Å². The molecule has 4 N–H and O–H groups in total. The fourth-order valence-corrected chi connectivity index (χ4v) is 2.15. The van der Waals surface area contributed by atoms with Gasteiger partial charge in [-0.2, -0.15) is 0 Å². The van der Waals surface area contributed by atoms with Gasteiger partial charge in [-0.15, -0.1) is 0 Å². The van der Waals surface area contributed by atoms with Crippen molar-refractivity contribution in [2.24, 2.45) is 5.73 Å². The van der Waals surface area contributed by atoms with Gasteiger partial charge in [-0.3, -0.25) is 9.69 Å². The molecule has 0 aliphatic heterocycles. The van der Waals surface area contributed by atoms with Crippen LogP contribution in [0.1, 0.15) is 25.8 Å². The molecular formula is C15H23N3O2S. The predicted octanol–water partition coefficient (Wildman–Crippen LogP) is 1.35. The summed E-state index contributed by atoms with van der Waals surface area (Å²) in [5, 5.41) is 11.8. The molecule has 5 nitrogen and oxygen atoms in total. The first-order valence-electron chi connectivity index (χ1n) is 6.99. The van der Waals surface area contributed by atoms with Crippen LogP contribution in [-0.4, -0.2) is 46.6 Å². The van der Waals surface area contributed by atoms with E-state index in [4.69, 9.17) is 23.1 Å². The van der Waals surface area contributed by atoms with Gasteiger partial charge in [-0.25, -0.2) is 0 Å². The Bertz CT molecular complexity index is 492. The summed E-state index contributed by atoms with van der Waals surface area (Å²) in [4.78, 5) is 14.4. The highest BCUT2D eigenvalue weighted by Gasteiger charge is 2.15. The fourth-order valence-electron chi connectivity index (χ4n) is 1.97. The number of hydrogen-bond donors (Lipinski definition) is 3. The van der Waals surface area contributed by atoms with E-state index in [-0.39, 0.29) is 30.1 Å². The number of rotatable bonds is 8. The quantitative estimate of drug-likeness (QED) is 0.632. The van der Waals surface area contributed by atoms with E-state index in [1.165, 1.54) is 0 Å². The number of aliphatic hydroxyl groups is 1. The van der Waals surface area contributed by atoms with Crippen LogP contribution in [0.2, 0.25) is 0 Å². The second kappa shape index (κ2) is 8.71. The summed E-state index contributed by atoms with van der Waals surface area (Å²) in [6, 6.07) is 7.44. The lowest BCUT2D eigenvalue weighted by atomic mass is 10.1. The van der Waals surface area contributed by atoms with Gasteiger partial charge in [0.2, 0.25) is 5.91 Å². The van der Waals surface area contributed by atoms with Gasteiger partial charge in [-0.05, 0) is 32.4 Å². The zero-order valence-electron chi connectivity index (χ0n) is 12.5. The van der Waals surface area contributed by atoms with E-state index in [1.54, 1.807) is 12.1 Å². The van der Waals surface area contributed by atoms with Crippen LogP contribution in [0.25, 0.3) is 0 Å². The van der Waals surface area contributed by atoms with Crippen molar-refractivity contribution in [3.63, 3.8) is 0 Å². The molecule has 0 bridgehead atoms. The standard InChI is InChI=1S/C15H23N3O2S/c1-11(2)18(8-5-9-19)10-14(20)17-13-7-4-3-6-12(13)15(16)21/h3-4,6-7,11,19H,5,8-10H2,1-2H3,(H2,16,21)(H,17,20). The lowest BCUT2D eigenvalue weighted by molar-refractivity contribution is -0.117. The van der Waals surface area contributed by atoms with Gasteiger partial charge < -0.3 is 16.2 Å². The lowest BCUT2D eigenvalue weighted by Gasteiger charge is -2.25. The van der Waals surface area contributed by atoms with Crippen molar-refractivity contribution >= 4 is 28.8 Å². The number of carbonyl (C=O) groups excluding carboxylic acids is 1. The van der Waals surface area contributed by atoms with Gasteiger partial charge in [0, 0.05) is 24.8 Å². The second-order valence-electron chi connectivity index (χ2n) is 5.10. The highest BCUT2D eigenvalue weighted by molar-refractivity contribution is 7.80. The topological polar surface area (TPSA) is 78.6 Å². The van der Waals surface area contributed by atoms with Crippen LogP contribution in [0.4, 0.5) is 5.69 Å². The molecule has 0 saturated heterocycles. The van der Waals surface area contributed by atoms with E-state index in [9.17, 15) is 4.79 Å². The number of nitrogens with two attached hydrogens (primary N) is 1. The number of thiocarbonyl (C=S) groups is 1. The van der Waals surface area contributed by atoms with Gasteiger partial charge in [0.15, 0.2) is 0 Å². The van der Waals surface area contributed by atoms with Gasteiger partial charge in [0.25, 0.3) is 0 Å². The maximum atomic E-state index is 12.2. The number of hydrogen-bond acceptors (Lipinski definition) is 4. The van der Waals surface area contributed by atoms with Gasteiger partial charge in [-0.1, -0.05) is 24.4 Å². The molecular weight excluding hydrogens is 286 g/mol. The average molecular weight is 309 g/mol. The first-order valence-corrected chi connectivity index (χ1v) is 7.40. The Hall–Kier alpha value is -1.50. The largest absolute Gasteiger partial charge is 0.396 e. The molecule has 1 amide bonds. The summed E-state index contributed by atoms with van der Waals surface area (Å²) in [5.41, 5.74) is 6.93. The van der Waals surface area contributed by atoms with Crippen molar-refractivity contribution < 1.29 is 9.90 Å². The zero-order chi connectivity index (χ0) is 15.8. The number of nitrogens with zero attached hydrogens (tertiary/aromatic N) is 1. The molecule has 0 aromatic heterocycles. The van der Waals surface area contributed by atoms with Crippen molar-refractivity contribution in [3.05, 3.63) is 29.8 Å². The van der Waals surface area contributed by atoms with E-state index in [0.29, 0.717) is 24.2 Å². The Kier molecular flexibility index (Phi) is 7.28. The highest BCUT2D eigenvalue weighted by atomic mass is 32.1. The van der Waals surface area contributed by atoms with E-state index in [2.05, 4.69) is 5.32 Å². The number of para-hydroxylation sites is 1. The Labute approximate surface area is 131 Å². The Morgan fingerprint density at radius 3 is 2.67 bits per heavy atom. The average Bonchev–Trinajstić information content (AvgIpc) is 2.43. The second-order valence-corrected chi connectivity index (χ2v) is 5.54. The Balaban J connectivity index is 2.70. The minimum absolute atomic E-state index is 0.120. The van der Waals surface area contributed by atoms with E-state index in [0.717, 1.165) is 0 Å². The first kappa shape index (κ1) is 17.6. The van der Waals surface area contributed by atoms with Crippen LogP contribution in [0.5, 0.6) is 0 Å². The zero-order valence-corrected chi connectivity index (χ0v) is 13.3. The molecule has 0 atom stereocenters. The molecule has 116 valence electrons. The molecule has 0 heterocycles. The number of aliphatic hydroxyl groups excluding tert-OH is 1. The first-order chi connectivity index (χ1) is 9.95. The summed E-state index contributed by atoms with van der Waals surface area (Å²) < 4.78 is 0. The predicted molar refractivity (Wildman–Crippen MR) is 89.4 cm³/mol. The molecule has 21 heavy (non-hydrogen) atoms. The van der Waals surface area contributed by atoms with E-state index < -0.39 is 0 Å².